The summed E-state index contributed by atoms with van der Waals surface area (Å²) in [5.41, 5.74) is 3.87. The van der Waals surface area contributed by atoms with Gasteiger partial charge in [-0.05, 0) is 56.2 Å². The Hall–Kier alpha value is -2.43. The molecule has 0 bridgehead atoms. The fraction of sp³-hybridized carbons (Fsp3) is 0.312. The van der Waals surface area contributed by atoms with E-state index in [1.54, 1.807) is 0 Å². The Kier molecular flexibility index (Phi) is 4.87. The zero-order valence-electron chi connectivity index (χ0n) is 12.6. The largest absolute Gasteiger partial charge is 0.367 e. The number of anilines is 1. The number of rotatable bonds is 5. The van der Waals surface area contributed by atoms with Gasteiger partial charge in [0, 0.05) is 18.7 Å². The maximum absolute atomic E-state index is 12.0. The Morgan fingerprint density at radius 1 is 1.00 bits per heavy atom. The lowest BCUT2D eigenvalue weighted by Gasteiger charge is -2.08. The van der Waals surface area contributed by atoms with E-state index >= 15 is 0 Å². The number of hydrogen-bond acceptors (Lipinski definition) is 4. The molecule has 0 aliphatic heterocycles. The van der Waals surface area contributed by atoms with Crippen LogP contribution in [0.1, 0.15) is 27.2 Å². The first kappa shape index (κ1) is 15.0. The summed E-state index contributed by atoms with van der Waals surface area (Å²) in [5, 5.41) is 13.9. The number of carbonyl (C=O) groups excluding carboxylic acids is 1. The molecule has 1 heterocycles. The third-order valence-electron chi connectivity index (χ3n) is 3.28. The number of amides is 1. The molecule has 2 aromatic rings. The molecule has 0 saturated heterocycles. The van der Waals surface area contributed by atoms with Crippen LogP contribution in [0.4, 0.5) is 5.82 Å². The minimum atomic E-state index is -0.0603. The van der Waals surface area contributed by atoms with Gasteiger partial charge in [-0.25, -0.2) is 0 Å². The molecule has 5 nitrogen and oxygen atoms in total. The molecule has 1 aromatic carbocycles. The first-order chi connectivity index (χ1) is 10.1. The Labute approximate surface area is 124 Å². The lowest BCUT2D eigenvalue weighted by atomic mass is 10.1. The van der Waals surface area contributed by atoms with Crippen molar-refractivity contribution in [1.29, 1.82) is 0 Å². The molecule has 0 spiro atoms. The SMILES string of the molecule is Cc1ccc(NCCNC(=O)c2ccc(C)c(C)c2)nn1. The number of aryl methyl sites for hydroxylation is 3. The minimum Gasteiger partial charge on any atom is -0.367 e. The molecule has 2 rings (SSSR count). The number of hydrogen-bond donors (Lipinski definition) is 2. The van der Waals surface area contributed by atoms with Gasteiger partial charge in [-0.1, -0.05) is 6.07 Å². The molecule has 0 unspecified atom stereocenters. The summed E-state index contributed by atoms with van der Waals surface area (Å²) in [5.74, 6) is 0.649. The molecule has 5 heteroatoms. The van der Waals surface area contributed by atoms with Crippen LogP contribution in [0.15, 0.2) is 30.3 Å². The van der Waals surface area contributed by atoms with Crippen molar-refractivity contribution in [1.82, 2.24) is 15.5 Å². The quantitative estimate of drug-likeness (QED) is 0.826. The Balaban J connectivity index is 1.79. The molecule has 0 radical (unpaired) electrons. The highest BCUT2D eigenvalue weighted by atomic mass is 16.1. The van der Waals surface area contributed by atoms with Crippen LogP contribution >= 0.6 is 0 Å². The Morgan fingerprint density at radius 3 is 2.48 bits per heavy atom. The maximum atomic E-state index is 12.0. The third kappa shape index (κ3) is 4.27. The molecule has 110 valence electrons. The number of aromatic nitrogens is 2. The van der Waals surface area contributed by atoms with Crippen molar-refractivity contribution in [3.8, 4) is 0 Å². The van der Waals surface area contributed by atoms with E-state index in [-0.39, 0.29) is 5.91 Å². The first-order valence-corrected chi connectivity index (χ1v) is 6.96. The summed E-state index contributed by atoms with van der Waals surface area (Å²) in [6.45, 7) is 7.06. The molecule has 0 saturated carbocycles. The van der Waals surface area contributed by atoms with E-state index in [1.807, 2.05) is 51.1 Å². The van der Waals surface area contributed by atoms with Gasteiger partial charge >= 0.3 is 0 Å². The van der Waals surface area contributed by atoms with Gasteiger partial charge in [-0.2, -0.15) is 5.10 Å². The van der Waals surface area contributed by atoms with Crippen LogP contribution in [0, 0.1) is 20.8 Å². The highest BCUT2D eigenvalue weighted by molar-refractivity contribution is 5.94. The van der Waals surface area contributed by atoms with E-state index in [0.717, 1.165) is 11.3 Å². The van der Waals surface area contributed by atoms with Gasteiger partial charge in [0.2, 0.25) is 0 Å². The van der Waals surface area contributed by atoms with Crippen LogP contribution in [0.2, 0.25) is 0 Å². The molecule has 2 N–H and O–H groups in total. The van der Waals surface area contributed by atoms with Gasteiger partial charge in [0.05, 0.1) is 5.69 Å². The van der Waals surface area contributed by atoms with Gasteiger partial charge in [-0.3, -0.25) is 4.79 Å². The average Bonchev–Trinajstić information content (AvgIpc) is 2.48. The van der Waals surface area contributed by atoms with Crippen LogP contribution in [-0.4, -0.2) is 29.2 Å². The van der Waals surface area contributed by atoms with Gasteiger partial charge in [-0.15, -0.1) is 5.10 Å². The number of nitrogens with one attached hydrogen (secondary N) is 2. The van der Waals surface area contributed by atoms with Crippen LogP contribution in [0.25, 0.3) is 0 Å². The molecule has 1 aromatic heterocycles. The highest BCUT2D eigenvalue weighted by Gasteiger charge is 2.05. The zero-order chi connectivity index (χ0) is 15.2. The Morgan fingerprint density at radius 2 is 1.81 bits per heavy atom. The Bertz CT molecular complexity index is 623. The monoisotopic (exact) mass is 284 g/mol. The number of benzene rings is 1. The van der Waals surface area contributed by atoms with E-state index in [4.69, 9.17) is 0 Å². The first-order valence-electron chi connectivity index (χ1n) is 6.96. The molecular weight excluding hydrogens is 264 g/mol. The second-order valence-electron chi connectivity index (χ2n) is 5.04. The van der Waals surface area contributed by atoms with Crippen LogP contribution in [0.5, 0.6) is 0 Å². The second-order valence-corrected chi connectivity index (χ2v) is 5.04. The topological polar surface area (TPSA) is 66.9 Å². The standard InChI is InChI=1S/C16H20N4O/c1-11-4-6-14(10-12(11)2)16(21)18-9-8-17-15-7-5-13(3)19-20-15/h4-7,10H,8-9H2,1-3H3,(H,17,20)(H,18,21). The van der Waals surface area contributed by atoms with Crippen LogP contribution < -0.4 is 10.6 Å². The smallest absolute Gasteiger partial charge is 0.251 e. The molecule has 0 aliphatic rings. The molecule has 21 heavy (non-hydrogen) atoms. The van der Waals surface area contributed by atoms with E-state index in [2.05, 4.69) is 20.8 Å². The number of nitrogens with zero attached hydrogens (tertiary/aromatic N) is 2. The fourth-order valence-electron chi connectivity index (χ4n) is 1.84. The van der Waals surface area contributed by atoms with Crippen LogP contribution in [-0.2, 0) is 0 Å². The van der Waals surface area contributed by atoms with Crippen molar-refractivity contribution in [3.63, 3.8) is 0 Å². The molecule has 0 atom stereocenters. The van der Waals surface area contributed by atoms with Crippen LogP contribution in [0.3, 0.4) is 0 Å². The maximum Gasteiger partial charge on any atom is 0.251 e. The van der Waals surface area contributed by atoms with Crippen molar-refractivity contribution < 1.29 is 4.79 Å². The molecule has 0 aliphatic carbocycles. The summed E-state index contributed by atoms with van der Waals surface area (Å²) >= 11 is 0. The summed E-state index contributed by atoms with van der Waals surface area (Å²) in [7, 11) is 0. The van der Waals surface area contributed by atoms with E-state index in [0.29, 0.717) is 24.5 Å². The third-order valence-corrected chi connectivity index (χ3v) is 3.28. The van der Waals surface area contributed by atoms with E-state index in [1.165, 1.54) is 5.56 Å². The van der Waals surface area contributed by atoms with Crippen molar-refractivity contribution in [2.24, 2.45) is 0 Å². The van der Waals surface area contributed by atoms with Crippen molar-refractivity contribution in [2.45, 2.75) is 20.8 Å². The minimum absolute atomic E-state index is 0.0603. The van der Waals surface area contributed by atoms with Gasteiger partial charge in [0.1, 0.15) is 5.82 Å². The van der Waals surface area contributed by atoms with Crippen molar-refractivity contribution >= 4 is 11.7 Å². The second kappa shape index (κ2) is 6.83. The zero-order valence-corrected chi connectivity index (χ0v) is 12.6. The molecular formula is C16H20N4O. The lowest BCUT2D eigenvalue weighted by molar-refractivity contribution is 0.0955. The predicted octanol–water partition coefficient (Wildman–Crippen LogP) is 2.24. The van der Waals surface area contributed by atoms with Gasteiger partial charge < -0.3 is 10.6 Å². The normalized spacial score (nSPS) is 10.2. The van der Waals surface area contributed by atoms with Gasteiger partial charge in [0.25, 0.3) is 5.91 Å². The summed E-state index contributed by atoms with van der Waals surface area (Å²) in [6.07, 6.45) is 0. The highest BCUT2D eigenvalue weighted by Crippen LogP contribution is 2.09. The lowest BCUT2D eigenvalue weighted by Crippen LogP contribution is -2.29. The summed E-state index contributed by atoms with van der Waals surface area (Å²) in [6, 6.07) is 9.47. The van der Waals surface area contributed by atoms with Gasteiger partial charge in [0.15, 0.2) is 0 Å². The molecule has 1 amide bonds. The molecule has 0 fully saturated rings. The predicted molar refractivity (Wildman–Crippen MR) is 83.5 cm³/mol. The van der Waals surface area contributed by atoms with Crippen molar-refractivity contribution in [3.05, 3.63) is 52.7 Å². The fourth-order valence-corrected chi connectivity index (χ4v) is 1.84. The number of carbonyl (C=O) groups is 1. The van der Waals surface area contributed by atoms with E-state index in [9.17, 15) is 4.79 Å². The van der Waals surface area contributed by atoms with Crippen molar-refractivity contribution in [2.75, 3.05) is 18.4 Å². The van der Waals surface area contributed by atoms with E-state index < -0.39 is 0 Å². The summed E-state index contributed by atoms with van der Waals surface area (Å²) in [4.78, 5) is 12.0. The average molecular weight is 284 g/mol. The summed E-state index contributed by atoms with van der Waals surface area (Å²) < 4.78 is 0.